The largest absolute Gasteiger partial charge is 0.507 e. The summed E-state index contributed by atoms with van der Waals surface area (Å²) in [7, 11) is 0. The highest BCUT2D eigenvalue weighted by molar-refractivity contribution is 6.00. The zero-order valence-corrected chi connectivity index (χ0v) is 16.4. The van der Waals surface area contributed by atoms with Crippen LogP contribution in [0.15, 0.2) is 54.7 Å². The number of hydrazine groups is 1. The zero-order chi connectivity index (χ0) is 21.7. The van der Waals surface area contributed by atoms with E-state index < -0.39 is 17.8 Å². The number of hydrogen-bond donors (Lipinski definition) is 3. The molecule has 3 rings (SSSR count). The second-order valence-electron chi connectivity index (χ2n) is 6.25. The first kappa shape index (κ1) is 20.6. The van der Waals surface area contributed by atoms with E-state index in [2.05, 4.69) is 16.0 Å². The van der Waals surface area contributed by atoms with Crippen LogP contribution in [0.25, 0.3) is 5.69 Å². The molecule has 0 aliphatic heterocycles. The van der Waals surface area contributed by atoms with Crippen molar-refractivity contribution in [3.8, 4) is 11.4 Å². The minimum Gasteiger partial charge on any atom is -0.507 e. The monoisotopic (exact) mass is 408 g/mol. The number of amides is 2. The van der Waals surface area contributed by atoms with Gasteiger partial charge in [-0.05, 0) is 50.2 Å². The van der Waals surface area contributed by atoms with E-state index in [1.807, 2.05) is 0 Å². The van der Waals surface area contributed by atoms with E-state index in [-0.39, 0.29) is 17.9 Å². The molecule has 0 bridgehead atoms. The fourth-order valence-corrected chi connectivity index (χ4v) is 2.75. The average Bonchev–Trinajstić information content (AvgIpc) is 3.14. The van der Waals surface area contributed by atoms with Crippen molar-refractivity contribution >= 4 is 17.8 Å². The van der Waals surface area contributed by atoms with Crippen LogP contribution in [-0.4, -0.2) is 39.3 Å². The first-order valence-corrected chi connectivity index (χ1v) is 9.13. The van der Waals surface area contributed by atoms with Crippen molar-refractivity contribution in [2.45, 2.75) is 13.8 Å². The molecule has 2 aromatic carbocycles. The van der Waals surface area contributed by atoms with Gasteiger partial charge < -0.3 is 9.84 Å². The highest BCUT2D eigenvalue weighted by Crippen LogP contribution is 2.17. The Hall–Kier alpha value is -4.14. The van der Waals surface area contributed by atoms with Crippen LogP contribution in [0.5, 0.6) is 5.75 Å². The number of esters is 1. The van der Waals surface area contributed by atoms with Crippen LogP contribution in [0.3, 0.4) is 0 Å². The first-order chi connectivity index (χ1) is 14.4. The molecular formula is C21H20N4O5. The molecule has 3 aromatic rings. The lowest BCUT2D eigenvalue weighted by atomic mass is 10.2. The molecule has 0 fully saturated rings. The fourth-order valence-electron chi connectivity index (χ4n) is 2.75. The van der Waals surface area contributed by atoms with Crippen molar-refractivity contribution in [1.29, 1.82) is 0 Å². The molecule has 9 nitrogen and oxygen atoms in total. The average molecular weight is 408 g/mol. The predicted octanol–water partition coefficient (Wildman–Crippen LogP) is 2.14. The summed E-state index contributed by atoms with van der Waals surface area (Å²) >= 11 is 0. The van der Waals surface area contributed by atoms with Gasteiger partial charge in [-0.25, -0.2) is 9.48 Å². The van der Waals surface area contributed by atoms with Crippen molar-refractivity contribution < 1.29 is 24.2 Å². The van der Waals surface area contributed by atoms with Crippen molar-refractivity contribution in [2.75, 3.05) is 6.61 Å². The van der Waals surface area contributed by atoms with Gasteiger partial charge in [-0.15, -0.1) is 0 Å². The van der Waals surface area contributed by atoms with Gasteiger partial charge >= 0.3 is 5.97 Å². The van der Waals surface area contributed by atoms with Crippen molar-refractivity contribution in [2.24, 2.45) is 0 Å². The number of benzene rings is 2. The van der Waals surface area contributed by atoms with Gasteiger partial charge in [0.1, 0.15) is 11.3 Å². The van der Waals surface area contributed by atoms with Crippen molar-refractivity contribution in [3.63, 3.8) is 0 Å². The molecule has 0 aliphatic rings. The molecule has 154 valence electrons. The van der Waals surface area contributed by atoms with Gasteiger partial charge in [0, 0.05) is 5.56 Å². The number of nitrogens with zero attached hydrogens (tertiary/aromatic N) is 2. The van der Waals surface area contributed by atoms with Crippen molar-refractivity contribution in [3.05, 3.63) is 77.1 Å². The minimum atomic E-state index is -0.642. The summed E-state index contributed by atoms with van der Waals surface area (Å²) in [5, 5.41) is 13.9. The van der Waals surface area contributed by atoms with Crippen LogP contribution in [0.1, 0.15) is 43.7 Å². The maximum atomic E-state index is 12.3. The molecule has 0 saturated carbocycles. The Kier molecular flexibility index (Phi) is 6.11. The van der Waals surface area contributed by atoms with Crippen LogP contribution in [0.4, 0.5) is 0 Å². The quantitative estimate of drug-likeness (QED) is 0.439. The number of aromatic nitrogens is 2. The summed E-state index contributed by atoms with van der Waals surface area (Å²) < 4.78 is 6.56. The number of nitrogens with one attached hydrogen (secondary N) is 2. The third-order valence-electron chi connectivity index (χ3n) is 4.32. The normalized spacial score (nSPS) is 10.3. The number of phenolic OH excluding ortho intramolecular Hbond substituents is 1. The summed E-state index contributed by atoms with van der Waals surface area (Å²) in [5.41, 5.74) is 6.52. The maximum Gasteiger partial charge on any atom is 0.341 e. The van der Waals surface area contributed by atoms with Gasteiger partial charge in [0.2, 0.25) is 0 Å². The van der Waals surface area contributed by atoms with Gasteiger partial charge in [-0.1, -0.05) is 12.1 Å². The molecule has 0 radical (unpaired) electrons. The fraction of sp³-hybridized carbons (Fsp3) is 0.143. The van der Waals surface area contributed by atoms with Crippen LogP contribution in [0.2, 0.25) is 0 Å². The molecule has 0 saturated heterocycles. The van der Waals surface area contributed by atoms with Gasteiger partial charge in [0.05, 0.1) is 29.7 Å². The Morgan fingerprint density at radius 3 is 2.33 bits per heavy atom. The number of ether oxygens (including phenoxy) is 1. The molecule has 0 unspecified atom stereocenters. The number of carbonyl (C=O) groups is 3. The second-order valence-corrected chi connectivity index (χ2v) is 6.25. The van der Waals surface area contributed by atoms with Crippen LogP contribution >= 0.6 is 0 Å². The predicted molar refractivity (Wildman–Crippen MR) is 107 cm³/mol. The third-order valence-corrected chi connectivity index (χ3v) is 4.32. The van der Waals surface area contributed by atoms with Gasteiger partial charge in [0.15, 0.2) is 0 Å². The standard InChI is InChI=1S/C21H20N4O5/c1-3-30-21(29)17-12-22-25(13(17)2)15-10-8-14(9-11-15)19(27)23-24-20(28)16-6-4-5-7-18(16)26/h4-12,26H,3H2,1-2H3,(H,23,27)(H,24,28). The lowest BCUT2D eigenvalue weighted by Gasteiger charge is -2.09. The highest BCUT2D eigenvalue weighted by Gasteiger charge is 2.17. The molecule has 0 atom stereocenters. The molecule has 1 heterocycles. The Morgan fingerprint density at radius 1 is 1.00 bits per heavy atom. The smallest absolute Gasteiger partial charge is 0.341 e. The summed E-state index contributed by atoms with van der Waals surface area (Å²) in [6.07, 6.45) is 1.43. The van der Waals surface area contributed by atoms with E-state index in [0.717, 1.165) is 0 Å². The Balaban J connectivity index is 1.67. The summed E-state index contributed by atoms with van der Waals surface area (Å²) in [6.45, 7) is 3.74. The first-order valence-electron chi connectivity index (χ1n) is 9.13. The number of carbonyl (C=O) groups excluding carboxylic acids is 3. The molecule has 0 spiro atoms. The molecule has 1 aromatic heterocycles. The SMILES string of the molecule is CCOC(=O)c1cnn(-c2ccc(C(=O)NNC(=O)c3ccccc3O)cc2)c1C. The molecular weight excluding hydrogens is 388 g/mol. The van der Waals surface area contributed by atoms with Crippen LogP contribution in [-0.2, 0) is 4.74 Å². The summed E-state index contributed by atoms with van der Waals surface area (Å²) in [5.74, 6) is -1.81. The molecule has 0 aliphatic carbocycles. The summed E-state index contributed by atoms with van der Waals surface area (Å²) in [6, 6.07) is 12.4. The minimum absolute atomic E-state index is 0.0414. The number of aromatic hydroxyl groups is 1. The molecule has 9 heteroatoms. The lowest BCUT2D eigenvalue weighted by molar-refractivity contribution is 0.0525. The van der Waals surface area contributed by atoms with E-state index in [1.165, 1.54) is 18.3 Å². The third kappa shape index (κ3) is 4.30. The van der Waals surface area contributed by atoms with Gasteiger partial charge in [0.25, 0.3) is 11.8 Å². The Labute approximate surface area is 172 Å². The molecule has 3 N–H and O–H groups in total. The van der Waals surface area contributed by atoms with E-state index >= 15 is 0 Å². The van der Waals surface area contributed by atoms with Gasteiger partial charge in [-0.3, -0.25) is 20.4 Å². The van der Waals surface area contributed by atoms with Crippen LogP contribution in [0, 0.1) is 6.92 Å². The lowest BCUT2D eigenvalue weighted by Crippen LogP contribution is -2.41. The second kappa shape index (κ2) is 8.91. The highest BCUT2D eigenvalue weighted by atomic mass is 16.5. The van der Waals surface area contributed by atoms with E-state index in [9.17, 15) is 19.5 Å². The Morgan fingerprint density at radius 2 is 1.67 bits per heavy atom. The molecule has 30 heavy (non-hydrogen) atoms. The maximum absolute atomic E-state index is 12.3. The number of para-hydroxylation sites is 1. The van der Waals surface area contributed by atoms with E-state index in [4.69, 9.17) is 4.74 Å². The zero-order valence-electron chi connectivity index (χ0n) is 16.4. The molecule has 2 amide bonds. The Bertz CT molecular complexity index is 1090. The van der Waals surface area contributed by atoms with E-state index in [1.54, 1.807) is 54.9 Å². The number of hydrogen-bond acceptors (Lipinski definition) is 6. The summed E-state index contributed by atoms with van der Waals surface area (Å²) in [4.78, 5) is 36.2. The van der Waals surface area contributed by atoms with E-state index in [0.29, 0.717) is 22.5 Å². The van der Waals surface area contributed by atoms with Crippen LogP contribution < -0.4 is 10.9 Å². The van der Waals surface area contributed by atoms with Crippen molar-refractivity contribution in [1.82, 2.24) is 20.6 Å². The number of rotatable bonds is 5. The van der Waals surface area contributed by atoms with Gasteiger partial charge in [-0.2, -0.15) is 5.10 Å². The number of phenols is 1. The topological polar surface area (TPSA) is 123 Å².